The Morgan fingerprint density at radius 2 is 2.17 bits per heavy atom. The van der Waals surface area contributed by atoms with Crippen LogP contribution in [0.5, 0.6) is 0 Å². The van der Waals surface area contributed by atoms with Gasteiger partial charge in [0.1, 0.15) is 5.82 Å². The van der Waals surface area contributed by atoms with Crippen LogP contribution >= 0.6 is 0 Å². The van der Waals surface area contributed by atoms with Gasteiger partial charge in [0.25, 0.3) is 5.91 Å². The molecule has 1 heterocycles. The summed E-state index contributed by atoms with van der Waals surface area (Å²) < 4.78 is 0. The largest absolute Gasteiger partial charge is 0.369 e. The molecule has 4 nitrogen and oxygen atoms in total. The molecule has 0 bridgehead atoms. The van der Waals surface area contributed by atoms with Gasteiger partial charge in [-0.15, -0.1) is 0 Å². The highest BCUT2D eigenvalue weighted by Gasteiger charge is 2.56. The van der Waals surface area contributed by atoms with Crippen molar-refractivity contribution in [3.8, 4) is 0 Å². The molecule has 1 amide bonds. The first-order chi connectivity index (χ1) is 11.7. The molecular weight excluding hydrogens is 298 g/mol. The maximum atomic E-state index is 12.0. The first-order valence-corrected chi connectivity index (χ1v) is 8.74. The van der Waals surface area contributed by atoms with E-state index in [0.29, 0.717) is 22.7 Å². The van der Waals surface area contributed by atoms with Gasteiger partial charge in [-0.3, -0.25) is 4.79 Å². The second kappa shape index (κ2) is 5.93. The monoisotopic (exact) mass is 321 g/mol. The lowest BCUT2D eigenvalue weighted by atomic mass is 9.78. The van der Waals surface area contributed by atoms with Crippen molar-refractivity contribution >= 4 is 11.7 Å². The van der Waals surface area contributed by atoms with Crippen molar-refractivity contribution in [1.82, 2.24) is 10.3 Å². The number of carbonyl (C=O) groups is 1. The molecule has 1 aromatic carbocycles. The van der Waals surface area contributed by atoms with E-state index in [1.54, 1.807) is 24.9 Å². The SMILES string of the molecule is CNC(=O)c1cccnc1NCC1CC12CCCc1ccccc12. The molecule has 2 N–H and O–H groups in total. The van der Waals surface area contributed by atoms with Gasteiger partial charge in [0, 0.05) is 25.2 Å². The van der Waals surface area contributed by atoms with Crippen molar-refractivity contribution in [1.29, 1.82) is 0 Å². The molecule has 4 heteroatoms. The molecule has 124 valence electrons. The van der Waals surface area contributed by atoms with E-state index in [-0.39, 0.29) is 5.91 Å². The number of hydrogen-bond acceptors (Lipinski definition) is 3. The van der Waals surface area contributed by atoms with Gasteiger partial charge in [-0.25, -0.2) is 4.98 Å². The van der Waals surface area contributed by atoms with Crippen LogP contribution < -0.4 is 10.6 Å². The van der Waals surface area contributed by atoms with Gasteiger partial charge in [-0.1, -0.05) is 24.3 Å². The molecule has 2 aliphatic rings. The zero-order valence-electron chi connectivity index (χ0n) is 14.0. The number of nitrogens with zero attached hydrogens (tertiary/aromatic N) is 1. The third-order valence-corrected chi connectivity index (χ3v) is 5.65. The van der Waals surface area contributed by atoms with E-state index in [0.717, 1.165) is 6.54 Å². The van der Waals surface area contributed by atoms with Gasteiger partial charge < -0.3 is 10.6 Å². The lowest BCUT2D eigenvalue weighted by Gasteiger charge is -2.27. The molecule has 1 saturated carbocycles. The molecule has 1 fully saturated rings. The van der Waals surface area contributed by atoms with Gasteiger partial charge in [0.15, 0.2) is 0 Å². The number of amides is 1. The molecule has 1 aromatic heterocycles. The molecule has 2 aromatic rings. The van der Waals surface area contributed by atoms with Crippen LogP contribution in [-0.4, -0.2) is 24.5 Å². The average Bonchev–Trinajstić information content (AvgIpc) is 3.33. The lowest BCUT2D eigenvalue weighted by molar-refractivity contribution is 0.0963. The highest BCUT2D eigenvalue weighted by atomic mass is 16.1. The second-order valence-electron chi connectivity index (χ2n) is 6.93. The third-order valence-electron chi connectivity index (χ3n) is 5.65. The summed E-state index contributed by atoms with van der Waals surface area (Å²) in [5, 5.41) is 6.10. The second-order valence-corrected chi connectivity index (χ2v) is 6.93. The zero-order valence-corrected chi connectivity index (χ0v) is 14.0. The van der Waals surface area contributed by atoms with E-state index in [9.17, 15) is 4.79 Å². The summed E-state index contributed by atoms with van der Waals surface area (Å²) in [5.74, 6) is 1.21. The summed E-state index contributed by atoms with van der Waals surface area (Å²) in [6, 6.07) is 12.5. The van der Waals surface area contributed by atoms with Crippen LogP contribution in [0.1, 0.15) is 40.7 Å². The van der Waals surface area contributed by atoms with Crippen molar-refractivity contribution in [2.24, 2.45) is 5.92 Å². The Bertz CT molecular complexity index is 773. The standard InChI is InChI=1S/C20H23N3O/c1-21-19(24)16-8-5-11-22-18(16)23-13-15-12-20(15)10-4-7-14-6-2-3-9-17(14)20/h2-3,5-6,8-9,11,15H,4,7,10,12-13H2,1H3,(H,21,24)(H,22,23). The topological polar surface area (TPSA) is 54.0 Å². The summed E-state index contributed by atoms with van der Waals surface area (Å²) in [7, 11) is 1.65. The van der Waals surface area contributed by atoms with Crippen molar-refractivity contribution in [2.45, 2.75) is 31.1 Å². The van der Waals surface area contributed by atoms with E-state index >= 15 is 0 Å². The molecule has 0 saturated heterocycles. The Kier molecular flexibility index (Phi) is 3.75. The van der Waals surface area contributed by atoms with E-state index in [1.807, 2.05) is 6.07 Å². The molecule has 2 aliphatic carbocycles. The summed E-state index contributed by atoms with van der Waals surface area (Å²) >= 11 is 0. The van der Waals surface area contributed by atoms with E-state index in [2.05, 4.69) is 39.9 Å². The van der Waals surface area contributed by atoms with Crippen molar-refractivity contribution in [3.05, 3.63) is 59.3 Å². The molecular formula is C20H23N3O. The maximum Gasteiger partial charge on any atom is 0.254 e. The minimum absolute atomic E-state index is 0.0980. The number of nitrogens with one attached hydrogen (secondary N) is 2. The van der Waals surface area contributed by atoms with Crippen LogP contribution in [0, 0.1) is 5.92 Å². The smallest absolute Gasteiger partial charge is 0.254 e. The molecule has 0 radical (unpaired) electrons. The van der Waals surface area contributed by atoms with Crippen molar-refractivity contribution in [2.75, 3.05) is 18.9 Å². The predicted molar refractivity (Wildman–Crippen MR) is 95.3 cm³/mol. The fraction of sp³-hybridized carbons (Fsp3) is 0.400. The molecule has 2 atom stereocenters. The normalized spacial score (nSPS) is 24.3. The first kappa shape index (κ1) is 15.2. The summed E-state index contributed by atoms with van der Waals surface area (Å²) in [6.07, 6.45) is 6.73. The molecule has 0 aliphatic heterocycles. The van der Waals surface area contributed by atoms with Crippen LogP contribution in [-0.2, 0) is 11.8 Å². The van der Waals surface area contributed by atoms with Gasteiger partial charge in [0.2, 0.25) is 0 Å². The van der Waals surface area contributed by atoms with Crippen LogP contribution in [0.3, 0.4) is 0 Å². The summed E-state index contributed by atoms with van der Waals surface area (Å²) in [6.45, 7) is 0.870. The number of fused-ring (bicyclic) bond motifs is 2. The van der Waals surface area contributed by atoms with Crippen LogP contribution in [0.25, 0.3) is 0 Å². The predicted octanol–water partition coefficient (Wildman–Crippen LogP) is 3.15. The number of pyridine rings is 1. The Morgan fingerprint density at radius 1 is 1.29 bits per heavy atom. The minimum Gasteiger partial charge on any atom is -0.369 e. The number of benzene rings is 1. The van der Waals surface area contributed by atoms with Crippen LogP contribution in [0.4, 0.5) is 5.82 Å². The fourth-order valence-electron chi connectivity index (χ4n) is 4.32. The lowest BCUT2D eigenvalue weighted by Crippen LogP contribution is -2.23. The van der Waals surface area contributed by atoms with Crippen LogP contribution in [0.2, 0.25) is 0 Å². The Balaban J connectivity index is 1.49. The molecule has 24 heavy (non-hydrogen) atoms. The summed E-state index contributed by atoms with van der Waals surface area (Å²) in [4.78, 5) is 16.3. The molecule has 2 unspecified atom stereocenters. The minimum atomic E-state index is -0.0980. The fourth-order valence-corrected chi connectivity index (χ4v) is 4.32. The van der Waals surface area contributed by atoms with Gasteiger partial charge in [0.05, 0.1) is 5.56 Å². The number of carbonyl (C=O) groups excluding carboxylic acids is 1. The number of hydrogen-bond donors (Lipinski definition) is 2. The van der Waals surface area contributed by atoms with E-state index in [4.69, 9.17) is 0 Å². The van der Waals surface area contributed by atoms with Crippen molar-refractivity contribution in [3.63, 3.8) is 0 Å². The highest BCUT2D eigenvalue weighted by Crippen LogP contribution is 2.60. The first-order valence-electron chi connectivity index (χ1n) is 8.74. The van der Waals surface area contributed by atoms with E-state index < -0.39 is 0 Å². The summed E-state index contributed by atoms with van der Waals surface area (Å²) in [5.41, 5.74) is 4.04. The average molecular weight is 321 g/mol. The quantitative estimate of drug-likeness (QED) is 0.909. The van der Waals surface area contributed by atoms with Gasteiger partial charge in [-0.05, 0) is 54.9 Å². The highest BCUT2D eigenvalue weighted by molar-refractivity contribution is 5.98. The van der Waals surface area contributed by atoms with Gasteiger partial charge >= 0.3 is 0 Å². The Labute approximate surface area is 142 Å². The zero-order chi connectivity index (χ0) is 16.6. The Morgan fingerprint density at radius 3 is 3.04 bits per heavy atom. The Hall–Kier alpha value is -2.36. The number of rotatable bonds is 4. The number of aryl methyl sites for hydroxylation is 1. The van der Waals surface area contributed by atoms with Crippen LogP contribution in [0.15, 0.2) is 42.6 Å². The van der Waals surface area contributed by atoms with Gasteiger partial charge in [-0.2, -0.15) is 0 Å². The third kappa shape index (κ3) is 2.46. The molecule has 1 spiro atoms. The maximum absolute atomic E-state index is 12.0. The van der Waals surface area contributed by atoms with Crippen molar-refractivity contribution < 1.29 is 4.79 Å². The van der Waals surface area contributed by atoms with E-state index in [1.165, 1.54) is 31.2 Å². The molecule has 4 rings (SSSR count). The number of aromatic nitrogens is 1. The number of anilines is 1.